The molecule has 80 valence electrons. The summed E-state index contributed by atoms with van der Waals surface area (Å²) in [7, 11) is 3.09. The molecule has 1 rings (SSSR count). The zero-order valence-corrected chi connectivity index (χ0v) is 8.78. The van der Waals surface area contributed by atoms with Gasteiger partial charge in [0.25, 0.3) is 5.91 Å². The van der Waals surface area contributed by atoms with Crippen LogP contribution in [0.2, 0.25) is 0 Å². The van der Waals surface area contributed by atoms with Crippen LogP contribution in [0.15, 0.2) is 0 Å². The second-order valence-electron chi connectivity index (χ2n) is 3.81. The molecule has 1 fully saturated rings. The highest BCUT2D eigenvalue weighted by molar-refractivity contribution is 6.06. The first kappa shape index (κ1) is 11.0. The third-order valence-corrected chi connectivity index (χ3v) is 2.90. The predicted molar refractivity (Wildman–Crippen MR) is 50.7 cm³/mol. The van der Waals surface area contributed by atoms with Gasteiger partial charge in [-0.25, -0.2) is 4.79 Å². The molecule has 0 bridgehead atoms. The van der Waals surface area contributed by atoms with Crippen LogP contribution in [0.4, 0.5) is 4.79 Å². The number of imide groups is 1. The minimum Gasteiger partial charge on any atom is -0.396 e. The summed E-state index contributed by atoms with van der Waals surface area (Å²) in [5.41, 5.74) is -0.783. The second kappa shape index (κ2) is 3.57. The maximum Gasteiger partial charge on any atom is 0.327 e. The number of urea groups is 1. The summed E-state index contributed by atoms with van der Waals surface area (Å²) in [5, 5.41) is 8.72. The Labute approximate surface area is 83.3 Å². The zero-order chi connectivity index (χ0) is 10.9. The highest BCUT2D eigenvalue weighted by Gasteiger charge is 2.50. The van der Waals surface area contributed by atoms with Crippen molar-refractivity contribution in [2.45, 2.75) is 25.3 Å². The van der Waals surface area contributed by atoms with Gasteiger partial charge in [0.05, 0.1) is 0 Å². The Bertz CT molecular complexity index is 267. The number of aliphatic hydroxyl groups is 1. The van der Waals surface area contributed by atoms with Crippen molar-refractivity contribution >= 4 is 11.9 Å². The third-order valence-electron chi connectivity index (χ3n) is 2.90. The summed E-state index contributed by atoms with van der Waals surface area (Å²) in [4.78, 5) is 25.8. The van der Waals surface area contributed by atoms with E-state index in [1.54, 1.807) is 14.0 Å². The van der Waals surface area contributed by atoms with Gasteiger partial charge >= 0.3 is 6.03 Å². The highest BCUT2D eigenvalue weighted by Crippen LogP contribution is 2.29. The summed E-state index contributed by atoms with van der Waals surface area (Å²) in [6.07, 6.45) is 1.02. The molecule has 1 heterocycles. The lowest BCUT2D eigenvalue weighted by Gasteiger charge is -2.27. The molecule has 0 saturated carbocycles. The zero-order valence-electron chi connectivity index (χ0n) is 8.78. The Kier molecular flexibility index (Phi) is 2.80. The molecule has 1 aliphatic heterocycles. The molecule has 14 heavy (non-hydrogen) atoms. The lowest BCUT2D eigenvalue weighted by Crippen LogP contribution is -2.44. The summed E-state index contributed by atoms with van der Waals surface area (Å²) in [5.74, 6) is -0.196. The Morgan fingerprint density at radius 1 is 1.36 bits per heavy atom. The van der Waals surface area contributed by atoms with Gasteiger partial charge in [0.2, 0.25) is 0 Å². The van der Waals surface area contributed by atoms with Gasteiger partial charge in [-0.3, -0.25) is 9.69 Å². The molecule has 5 heteroatoms. The highest BCUT2D eigenvalue weighted by atomic mass is 16.3. The fourth-order valence-corrected chi connectivity index (χ4v) is 1.73. The fraction of sp³-hybridized carbons (Fsp3) is 0.778. The van der Waals surface area contributed by atoms with Crippen molar-refractivity contribution < 1.29 is 14.7 Å². The van der Waals surface area contributed by atoms with E-state index in [-0.39, 0.29) is 18.5 Å². The molecule has 1 unspecified atom stereocenters. The normalized spacial score (nSPS) is 27.7. The minimum absolute atomic E-state index is 0.0363. The first-order valence-electron chi connectivity index (χ1n) is 4.62. The summed E-state index contributed by atoms with van der Waals surface area (Å²) in [6.45, 7) is 1.76. The molecule has 0 radical (unpaired) electrons. The van der Waals surface area contributed by atoms with Crippen LogP contribution in [0.3, 0.4) is 0 Å². The largest absolute Gasteiger partial charge is 0.396 e. The number of carbonyl (C=O) groups is 2. The lowest BCUT2D eigenvalue weighted by molar-refractivity contribution is -0.131. The van der Waals surface area contributed by atoms with Crippen LogP contribution in [0.25, 0.3) is 0 Å². The molecular weight excluding hydrogens is 184 g/mol. The number of hydrogen-bond acceptors (Lipinski definition) is 3. The van der Waals surface area contributed by atoms with Crippen LogP contribution in [-0.2, 0) is 4.79 Å². The maximum absolute atomic E-state index is 11.7. The average Bonchev–Trinajstić information content (AvgIpc) is 2.32. The van der Waals surface area contributed by atoms with E-state index in [2.05, 4.69) is 0 Å². The van der Waals surface area contributed by atoms with Crippen LogP contribution >= 0.6 is 0 Å². The van der Waals surface area contributed by atoms with Crippen LogP contribution in [0.5, 0.6) is 0 Å². The van der Waals surface area contributed by atoms with Gasteiger partial charge in [-0.15, -0.1) is 0 Å². The summed E-state index contributed by atoms with van der Waals surface area (Å²) < 4.78 is 0. The van der Waals surface area contributed by atoms with E-state index in [0.717, 1.165) is 4.90 Å². The third kappa shape index (κ3) is 1.37. The lowest BCUT2D eigenvalue weighted by atomic mass is 9.95. The molecule has 0 spiro atoms. The van der Waals surface area contributed by atoms with E-state index in [0.29, 0.717) is 12.8 Å². The average molecular weight is 200 g/mol. The summed E-state index contributed by atoms with van der Waals surface area (Å²) >= 11 is 0. The van der Waals surface area contributed by atoms with Gasteiger partial charge in [-0.1, -0.05) is 0 Å². The summed E-state index contributed by atoms with van der Waals surface area (Å²) in [6, 6.07) is -0.282. The molecule has 0 aromatic carbocycles. The van der Waals surface area contributed by atoms with Crippen LogP contribution in [-0.4, -0.2) is 53.1 Å². The number of carbonyl (C=O) groups excluding carboxylic acids is 2. The van der Waals surface area contributed by atoms with E-state index in [4.69, 9.17) is 5.11 Å². The van der Waals surface area contributed by atoms with Gasteiger partial charge < -0.3 is 10.0 Å². The molecule has 0 aliphatic carbocycles. The van der Waals surface area contributed by atoms with Crippen LogP contribution in [0.1, 0.15) is 19.8 Å². The Morgan fingerprint density at radius 3 is 2.29 bits per heavy atom. The van der Waals surface area contributed by atoms with Gasteiger partial charge in [-0.05, 0) is 19.8 Å². The van der Waals surface area contributed by atoms with Crippen LogP contribution < -0.4 is 0 Å². The maximum atomic E-state index is 11.7. The Morgan fingerprint density at radius 2 is 1.93 bits per heavy atom. The Hall–Kier alpha value is -1.10. The number of hydrogen-bond donors (Lipinski definition) is 1. The van der Waals surface area contributed by atoms with Crippen molar-refractivity contribution in [1.82, 2.24) is 9.80 Å². The Balaban J connectivity index is 2.87. The van der Waals surface area contributed by atoms with Crippen molar-refractivity contribution in [3.63, 3.8) is 0 Å². The molecule has 0 aromatic heterocycles. The molecule has 1 N–H and O–H groups in total. The first-order valence-corrected chi connectivity index (χ1v) is 4.62. The van der Waals surface area contributed by atoms with Crippen molar-refractivity contribution in [3.8, 4) is 0 Å². The van der Waals surface area contributed by atoms with E-state index in [1.165, 1.54) is 11.9 Å². The van der Waals surface area contributed by atoms with Crippen molar-refractivity contribution in [3.05, 3.63) is 0 Å². The van der Waals surface area contributed by atoms with E-state index >= 15 is 0 Å². The number of nitrogens with zero attached hydrogens (tertiary/aromatic N) is 2. The molecule has 3 amide bonds. The molecular formula is C9H16N2O3. The fourth-order valence-electron chi connectivity index (χ4n) is 1.73. The second-order valence-corrected chi connectivity index (χ2v) is 3.81. The van der Waals surface area contributed by atoms with Crippen molar-refractivity contribution in [2.24, 2.45) is 0 Å². The number of likely N-dealkylation sites (N-methyl/N-ethyl adjacent to an activating group) is 2. The van der Waals surface area contributed by atoms with E-state index < -0.39 is 5.54 Å². The van der Waals surface area contributed by atoms with Gasteiger partial charge in [0, 0.05) is 20.7 Å². The topological polar surface area (TPSA) is 60.9 Å². The van der Waals surface area contributed by atoms with E-state index in [1.807, 2.05) is 0 Å². The SMILES string of the molecule is CN1C(=O)N(C)C(C)(CCCO)C1=O. The number of rotatable bonds is 3. The quantitative estimate of drug-likeness (QED) is 0.654. The molecule has 0 aromatic rings. The molecule has 1 atom stereocenters. The van der Waals surface area contributed by atoms with Gasteiger partial charge in [0.15, 0.2) is 0 Å². The van der Waals surface area contributed by atoms with Crippen molar-refractivity contribution in [1.29, 1.82) is 0 Å². The molecule has 1 aliphatic rings. The predicted octanol–water partition coefficient (Wildman–Crippen LogP) is 0.0414. The van der Waals surface area contributed by atoms with Gasteiger partial charge in [-0.2, -0.15) is 0 Å². The molecule has 5 nitrogen and oxygen atoms in total. The van der Waals surface area contributed by atoms with E-state index in [9.17, 15) is 9.59 Å². The standard InChI is InChI=1S/C9H16N2O3/c1-9(5-4-6-12)7(13)10(2)8(14)11(9)3/h12H,4-6H2,1-3H3. The monoisotopic (exact) mass is 200 g/mol. The van der Waals surface area contributed by atoms with Crippen LogP contribution in [0, 0.1) is 0 Å². The molecule has 1 saturated heterocycles. The van der Waals surface area contributed by atoms with Crippen molar-refractivity contribution in [2.75, 3.05) is 20.7 Å². The first-order chi connectivity index (χ1) is 6.45. The van der Waals surface area contributed by atoms with Gasteiger partial charge in [0.1, 0.15) is 5.54 Å². The minimum atomic E-state index is -0.783. The smallest absolute Gasteiger partial charge is 0.327 e. The number of amides is 3. The number of aliphatic hydroxyl groups excluding tert-OH is 1.